The number of carbonyl (C=O) groups excluding carboxylic acids is 1. The van der Waals surface area contributed by atoms with Gasteiger partial charge >= 0.3 is 11.7 Å². The van der Waals surface area contributed by atoms with E-state index in [1.165, 1.54) is 10.9 Å². The van der Waals surface area contributed by atoms with E-state index in [0.29, 0.717) is 28.4 Å². The average molecular weight is 421 g/mol. The van der Waals surface area contributed by atoms with Gasteiger partial charge in [0.1, 0.15) is 5.75 Å². The smallest absolute Gasteiger partial charge is 0.344 e. The molecule has 0 atom stereocenters. The fourth-order valence-electron chi connectivity index (χ4n) is 2.89. The second kappa shape index (κ2) is 8.52. The number of benzene rings is 1. The Bertz CT molecular complexity index is 1180. The molecule has 9 nitrogen and oxygen atoms in total. The average Bonchev–Trinajstić information content (AvgIpc) is 3.08. The van der Waals surface area contributed by atoms with Crippen LogP contribution in [0.5, 0.6) is 5.75 Å². The number of aromatic nitrogens is 4. The van der Waals surface area contributed by atoms with E-state index in [9.17, 15) is 14.4 Å². The molecule has 0 aliphatic rings. The highest BCUT2D eigenvalue weighted by atomic mass is 35.5. The molecular formula is C19H21ClN4O5. The van der Waals surface area contributed by atoms with E-state index in [2.05, 4.69) is 4.98 Å². The molecule has 0 saturated carbocycles. The first-order valence-electron chi connectivity index (χ1n) is 8.95. The third-order valence-corrected chi connectivity index (χ3v) is 4.90. The van der Waals surface area contributed by atoms with Crippen molar-refractivity contribution in [3.8, 4) is 5.75 Å². The van der Waals surface area contributed by atoms with E-state index >= 15 is 0 Å². The first-order valence-corrected chi connectivity index (χ1v) is 9.33. The fourth-order valence-corrected chi connectivity index (χ4v) is 3.01. The molecule has 0 spiro atoms. The summed E-state index contributed by atoms with van der Waals surface area (Å²) >= 11 is 5.94. The lowest BCUT2D eigenvalue weighted by molar-refractivity contribution is -0.146. The summed E-state index contributed by atoms with van der Waals surface area (Å²) in [6.07, 6.45) is 1.80. The predicted molar refractivity (Wildman–Crippen MR) is 107 cm³/mol. The molecule has 3 aromatic rings. The summed E-state index contributed by atoms with van der Waals surface area (Å²) in [5.74, 6) is -0.0247. The Morgan fingerprint density at radius 1 is 1.24 bits per heavy atom. The summed E-state index contributed by atoms with van der Waals surface area (Å²) in [5, 5.41) is 0.616. The van der Waals surface area contributed by atoms with Crippen molar-refractivity contribution < 1.29 is 14.3 Å². The largest absolute Gasteiger partial charge is 0.482 e. The molecule has 1 aromatic carbocycles. The molecule has 0 aliphatic heterocycles. The molecular weight excluding hydrogens is 400 g/mol. The van der Waals surface area contributed by atoms with Crippen LogP contribution < -0.4 is 16.0 Å². The van der Waals surface area contributed by atoms with Gasteiger partial charge in [-0.15, -0.1) is 0 Å². The normalized spacial score (nSPS) is 11.0. The van der Waals surface area contributed by atoms with Crippen molar-refractivity contribution in [1.29, 1.82) is 0 Å². The van der Waals surface area contributed by atoms with Crippen LogP contribution >= 0.6 is 11.6 Å². The van der Waals surface area contributed by atoms with Gasteiger partial charge in [0.15, 0.2) is 17.8 Å². The van der Waals surface area contributed by atoms with Gasteiger partial charge in [-0.25, -0.2) is 14.6 Å². The maximum atomic E-state index is 12.6. The van der Waals surface area contributed by atoms with E-state index in [1.807, 2.05) is 6.92 Å². The number of ether oxygens (including phenoxy) is 2. The van der Waals surface area contributed by atoms with E-state index in [-0.39, 0.29) is 19.8 Å². The van der Waals surface area contributed by atoms with Crippen LogP contribution in [-0.4, -0.2) is 37.9 Å². The number of aryl methyl sites for hydroxylation is 3. The Kier molecular flexibility index (Phi) is 6.07. The number of hydrogen-bond donors (Lipinski definition) is 0. The van der Waals surface area contributed by atoms with Crippen LogP contribution in [0.4, 0.5) is 0 Å². The zero-order valence-electron chi connectivity index (χ0n) is 16.3. The van der Waals surface area contributed by atoms with E-state index in [0.717, 1.165) is 10.1 Å². The summed E-state index contributed by atoms with van der Waals surface area (Å²) in [4.78, 5) is 40.9. The van der Waals surface area contributed by atoms with E-state index in [1.54, 1.807) is 36.9 Å². The number of hydrogen-bond acceptors (Lipinski definition) is 6. The Labute approximate surface area is 171 Å². The quantitative estimate of drug-likeness (QED) is 0.423. The van der Waals surface area contributed by atoms with Crippen LogP contribution in [-0.2, 0) is 30.2 Å². The van der Waals surface area contributed by atoms with Gasteiger partial charge in [-0.05, 0) is 37.1 Å². The van der Waals surface area contributed by atoms with Gasteiger partial charge in [0.25, 0.3) is 5.56 Å². The minimum atomic E-state index is -0.542. The van der Waals surface area contributed by atoms with Crippen LogP contribution in [0.15, 0.2) is 34.1 Å². The van der Waals surface area contributed by atoms with Gasteiger partial charge in [-0.1, -0.05) is 11.6 Å². The third-order valence-electron chi connectivity index (χ3n) is 4.48. The Hall–Kier alpha value is -3.07. The maximum absolute atomic E-state index is 12.6. The molecule has 2 heterocycles. The Morgan fingerprint density at radius 2 is 2.00 bits per heavy atom. The number of halogens is 1. The number of nitrogens with zero attached hydrogens (tertiary/aromatic N) is 4. The van der Waals surface area contributed by atoms with Crippen LogP contribution in [0.3, 0.4) is 0 Å². The first-order chi connectivity index (χ1) is 13.8. The number of rotatable bonds is 7. The SMILES string of the molecule is Cc1cc(OCC(=O)OCCCn2c(=O)c3c(ncn3C)n(C)c2=O)ccc1Cl. The number of fused-ring (bicyclic) bond motifs is 1. The zero-order valence-corrected chi connectivity index (χ0v) is 17.1. The van der Waals surface area contributed by atoms with Gasteiger partial charge in [0, 0.05) is 25.7 Å². The van der Waals surface area contributed by atoms with Crippen molar-refractivity contribution >= 4 is 28.7 Å². The Morgan fingerprint density at radius 3 is 2.72 bits per heavy atom. The standard InChI is InChI=1S/C19H21ClN4O5/c1-12-9-13(5-6-14(12)20)29-10-15(25)28-8-4-7-24-18(26)16-17(21-11-22(16)2)23(3)19(24)27/h5-6,9,11H,4,7-8,10H2,1-3H3. The number of esters is 1. The summed E-state index contributed by atoms with van der Waals surface area (Å²) in [6, 6.07) is 5.08. The second-order valence-corrected chi connectivity index (χ2v) is 7.01. The molecule has 0 aliphatic carbocycles. The van der Waals surface area contributed by atoms with Crippen molar-refractivity contribution in [2.75, 3.05) is 13.2 Å². The third kappa shape index (κ3) is 4.34. The molecule has 0 fully saturated rings. The highest BCUT2D eigenvalue weighted by Gasteiger charge is 2.14. The molecule has 154 valence electrons. The van der Waals surface area contributed by atoms with Gasteiger partial charge in [-0.2, -0.15) is 0 Å². The minimum absolute atomic E-state index is 0.0564. The van der Waals surface area contributed by atoms with Gasteiger partial charge in [0.05, 0.1) is 12.9 Å². The van der Waals surface area contributed by atoms with Crippen molar-refractivity contribution in [2.45, 2.75) is 19.9 Å². The molecule has 10 heteroatoms. The second-order valence-electron chi connectivity index (χ2n) is 6.60. The highest BCUT2D eigenvalue weighted by Crippen LogP contribution is 2.20. The molecule has 0 bridgehead atoms. The van der Waals surface area contributed by atoms with Crippen molar-refractivity contribution in [1.82, 2.24) is 18.7 Å². The fraction of sp³-hybridized carbons (Fsp3) is 0.368. The van der Waals surface area contributed by atoms with Crippen LogP contribution in [0.2, 0.25) is 5.02 Å². The van der Waals surface area contributed by atoms with Crippen LogP contribution in [0.1, 0.15) is 12.0 Å². The number of imidazole rings is 1. The minimum Gasteiger partial charge on any atom is -0.482 e. The summed E-state index contributed by atoms with van der Waals surface area (Å²) in [5.41, 5.74) is 0.635. The van der Waals surface area contributed by atoms with Crippen molar-refractivity contribution in [3.05, 3.63) is 56.0 Å². The molecule has 0 unspecified atom stereocenters. The molecule has 2 aromatic heterocycles. The van der Waals surface area contributed by atoms with Crippen LogP contribution in [0, 0.1) is 6.92 Å². The monoisotopic (exact) mass is 420 g/mol. The van der Waals surface area contributed by atoms with Gasteiger partial charge in [0.2, 0.25) is 0 Å². The zero-order chi connectivity index (χ0) is 21.1. The lowest BCUT2D eigenvalue weighted by Gasteiger charge is -2.10. The lowest BCUT2D eigenvalue weighted by Crippen LogP contribution is -2.39. The Balaban J connectivity index is 1.54. The summed E-state index contributed by atoms with van der Waals surface area (Å²) in [6.45, 7) is 1.77. The summed E-state index contributed by atoms with van der Waals surface area (Å²) < 4.78 is 14.5. The van der Waals surface area contributed by atoms with Crippen molar-refractivity contribution in [2.24, 2.45) is 14.1 Å². The van der Waals surface area contributed by atoms with Crippen molar-refractivity contribution in [3.63, 3.8) is 0 Å². The van der Waals surface area contributed by atoms with Gasteiger partial charge in [-0.3, -0.25) is 13.9 Å². The van der Waals surface area contributed by atoms with E-state index in [4.69, 9.17) is 21.1 Å². The molecule has 0 N–H and O–H groups in total. The summed E-state index contributed by atoms with van der Waals surface area (Å²) in [7, 11) is 3.25. The van der Waals surface area contributed by atoms with Gasteiger partial charge < -0.3 is 14.0 Å². The molecule has 0 amide bonds. The first kappa shape index (κ1) is 20.7. The molecule has 29 heavy (non-hydrogen) atoms. The van der Waals surface area contributed by atoms with Crippen LogP contribution in [0.25, 0.3) is 11.2 Å². The molecule has 0 radical (unpaired) electrons. The van der Waals surface area contributed by atoms with E-state index < -0.39 is 17.2 Å². The number of carbonyl (C=O) groups is 1. The topological polar surface area (TPSA) is 97.3 Å². The molecule has 3 rings (SSSR count). The lowest BCUT2D eigenvalue weighted by atomic mass is 10.2. The predicted octanol–water partition coefficient (Wildman–Crippen LogP) is 1.41. The maximum Gasteiger partial charge on any atom is 0.344 e. The molecule has 0 saturated heterocycles. The highest BCUT2D eigenvalue weighted by molar-refractivity contribution is 6.31.